The highest BCUT2D eigenvalue weighted by atomic mass is 16.6. The van der Waals surface area contributed by atoms with Crippen LogP contribution in [0.25, 0.3) is 0 Å². The van der Waals surface area contributed by atoms with Gasteiger partial charge >= 0.3 is 0 Å². The van der Waals surface area contributed by atoms with Crippen LogP contribution in [0, 0.1) is 0 Å². The summed E-state index contributed by atoms with van der Waals surface area (Å²) in [4.78, 5) is 0. The topological polar surface area (TPSA) is 90.2 Å². The average Bonchev–Trinajstić information content (AvgIpc) is 1.96. The number of aliphatic hydroxyl groups excluding tert-OH is 4. The molecule has 64 valence electrons. The summed E-state index contributed by atoms with van der Waals surface area (Å²) in [6.07, 6.45) is -2.34. The van der Waals surface area contributed by atoms with E-state index in [2.05, 4.69) is 4.74 Å². The van der Waals surface area contributed by atoms with Crippen molar-refractivity contribution in [3.05, 3.63) is 12.0 Å². The Balaban J connectivity index is 2.67. The molecule has 0 aromatic heterocycles. The monoisotopic (exact) mass is 162 g/mol. The van der Waals surface area contributed by atoms with Gasteiger partial charge in [-0.25, -0.2) is 0 Å². The maximum Gasteiger partial charge on any atom is 0.275 e. The van der Waals surface area contributed by atoms with Gasteiger partial charge in [0.05, 0.1) is 6.61 Å². The summed E-state index contributed by atoms with van der Waals surface area (Å²) in [6, 6.07) is 0. The van der Waals surface area contributed by atoms with Gasteiger partial charge < -0.3 is 25.2 Å². The first-order valence-electron chi connectivity index (χ1n) is 3.19. The quantitative estimate of drug-likeness (QED) is 0.376. The molecule has 1 aliphatic heterocycles. The van der Waals surface area contributed by atoms with Crippen LogP contribution >= 0.6 is 0 Å². The van der Waals surface area contributed by atoms with E-state index in [4.69, 9.17) is 20.4 Å². The van der Waals surface area contributed by atoms with Gasteiger partial charge in [0.25, 0.3) is 5.95 Å². The number of hydrogen-bond donors (Lipinski definition) is 4. The van der Waals surface area contributed by atoms with Gasteiger partial charge in [-0.15, -0.1) is 0 Å². The van der Waals surface area contributed by atoms with Crippen molar-refractivity contribution in [3.63, 3.8) is 0 Å². The second kappa shape index (κ2) is 3.08. The van der Waals surface area contributed by atoms with Crippen molar-refractivity contribution in [2.45, 2.75) is 18.3 Å². The summed E-state index contributed by atoms with van der Waals surface area (Å²) in [5.41, 5.74) is 0. The molecule has 11 heavy (non-hydrogen) atoms. The Morgan fingerprint density at radius 2 is 2.09 bits per heavy atom. The van der Waals surface area contributed by atoms with E-state index < -0.39 is 30.9 Å². The van der Waals surface area contributed by atoms with Crippen molar-refractivity contribution in [1.82, 2.24) is 0 Å². The van der Waals surface area contributed by atoms with Crippen molar-refractivity contribution < 1.29 is 25.2 Å². The molecule has 0 aromatic rings. The van der Waals surface area contributed by atoms with Crippen LogP contribution in [-0.2, 0) is 4.74 Å². The van der Waals surface area contributed by atoms with Crippen LogP contribution < -0.4 is 0 Å². The van der Waals surface area contributed by atoms with Crippen LogP contribution in [0.15, 0.2) is 12.0 Å². The van der Waals surface area contributed by atoms with E-state index in [9.17, 15) is 0 Å². The summed E-state index contributed by atoms with van der Waals surface area (Å²) in [5, 5.41) is 35.4. The van der Waals surface area contributed by atoms with Crippen molar-refractivity contribution in [2.24, 2.45) is 0 Å². The van der Waals surface area contributed by atoms with E-state index in [1.165, 1.54) is 0 Å². The number of aliphatic hydroxyl groups is 4. The normalized spacial score (nSPS) is 37.7. The Bertz CT molecular complexity index is 166. The third kappa shape index (κ3) is 1.62. The van der Waals surface area contributed by atoms with Crippen LogP contribution in [0.5, 0.6) is 0 Å². The van der Waals surface area contributed by atoms with E-state index in [1.54, 1.807) is 0 Å². The van der Waals surface area contributed by atoms with E-state index in [0.717, 1.165) is 6.08 Å². The molecular weight excluding hydrogens is 152 g/mol. The Kier molecular flexibility index (Phi) is 2.33. The highest BCUT2D eigenvalue weighted by molar-refractivity contribution is 5.00. The molecule has 0 bridgehead atoms. The maximum atomic E-state index is 9.06. The molecule has 0 spiro atoms. The fourth-order valence-corrected chi connectivity index (χ4v) is 0.874. The van der Waals surface area contributed by atoms with Gasteiger partial charge in [0.15, 0.2) is 6.10 Å². The van der Waals surface area contributed by atoms with Crippen LogP contribution in [0.1, 0.15) is 0 Å². The smallest absolute Gasteiger partial charge is 0.275 e. The average molecular weight is 162 g/mol. The lowest BCUT2D eigenvalue weighted by Gasteiger charge is -2.28. The Labute approximate surface area is 63.2 Å². The summed E-state index contributed by atoms with van der Waals surface area (Å²) >= 11 is 0. The standard InChI is InChI=1S/C6H10O5/c7-2-4-6(10)3(8)1-5(9)11-4/h1,3-4,6-10H,2H2/t3-,4-,6+/m1/s1. The SMILES string of the molecule is OC[C@H]1OC(O)=C[C@@H](O)[C@@H]1O. The molecule has 5 nitrogen and oxygen atoms in total. The van der Waals surface area contributed by atoms with Gasteiger partial charge in [-0.05, 0) is 0 Å². The van der Waals surface area contributed by atoms with Gasteiger partial charge in [0, 0.05) is 6.08 Å². The van der Waals surface area contributed by atoms with Gasteiger partial charge in [-0.3, -0.25) is 0 Å². The van der Waals surface area contributed by atoms with E-state index in [-0.39, 0.29) is 0 Å². The van der Waals surface area contributed by atoms with E-state index in [1.807, 2.05) is 0 Å². The van der Waals surface area contributed by atoms with Crippen LogP contribution in [0.2, 0.25) is 0 Å². The largest absolute Gasteiger partial charge is 0.481 e. The highest BCUT2D eigenvalue weighted by Gasteiger charge is 2.31. The minimum atomic E-state index is -1.18. The highest BCUT2D eigenvalue weighted by Crippen LogP contribution is 2.15. The van der Waals surface area contributed by atoms with Crippen molar-refractivity contribution in [2.75, 3.05) is 6.61 Å². The van der Waals surface area contributed by atoms with Gasteiger partial charge in [-0.2, -0.15) is 0 Å². The molecule has 0 saturated heterocycles. The predicted octanol–water partition coefficient (Wildman–Crippen LogP) is -1.50. The molecule has 0 aromatic carbocycles. The molecule has 0 fully saturated rings. The van der Waals surface area contributed by atoms with Crippen molar-refractivity contribution in [3.8, 4) is 0 Å². The summed E-state index contributed by atoms with van der Waals surface area (Å²) in [6.45, 7) is -0.448. The summed E-state index contributed by atoms with van der Waals surface area (Å²) < 4.78 is 4.57. The second-order valence-corrected chi connectivity index (χ2v) is 2.32. The third-order valence-electron chi connectivity index (χ3n) is 1.50. The molecule has 0 saturated carbocycles. The first kappa shape index (κ1) is 8.32. The fraction of sp³-hybridized carbons (Fsp3) is 0.667. The first-order chi connectivity index (χ1) is 5.15. The second-order valence-electron chi connectivity index (χ2n) is 2.32. The first-order valence-corrected chi connectivity index (χ1v) is 3.19. The summed E-state index contributed by atoms with van der Waals surface area (Å²) in [5.74, 6) is -0.471. The Morgan fingerprint density at radius 3 is 2.64 bits per heavy atom. The maximum absolute atomic E-state index is 9.06. The number of hydrogen-bond acceptors (Lipinski definition) is 5. The fourth-order valence-electron chi connectivity index (χ4n) is 0.874. The number of rotatable bonds is 1. The molecule has 0 radical (unpaired) electrons. The van der Waals surface area contributed by atoms with Crippen LogP contribution in [0.3, 0.4) is 0 Å². The molecule has 0 aliphatic carbocycles. The van der Waals surface area contributed by atoms with E-state index in [0.29, 0.717) is 0 Å². The zero-order valence-corrected chi connectivity index (χ0v) is 5.71. The molecule has 1 rings (SSSR count). The van der Waals surface area contributed by atoms with E-state index >= 15 is 0 Å². The molecule has 5 heteroatoms. The zero-order chi connectivity index (χ0) is 8.43. The number of ether oxygens (including phenoxy) is 1. The molecule has 3 atom stereocenters. The molecular formula is C6H10O5. The van der Waals surface area contributed by atoms with Crippen LogP contribution in [-0.4, -0.2) is 45.3 Å². The molecule has 0 unspecified atom stereocenters. The molecule has 1 heterocycles. The Hall–Kier alpha value is -0.780. The van der Waals surface area contributed by atoms with Crippen molar-refractivity contribution >= 4 is 0 Å². The summed E-state index contributed by atoms with van der Waals surface area (Å²) in [7, 11) is 0. The lowest BCUT2D eigenvalue weighted by atomic mass is 10.1. The van der Waals surface area contributed by atoms with Gasteiger partial charge in [0.1, 0.15) is 12.2 Å². The lowest BCUT2D eigenvalue weighted by Crippen LogP contribution is -2.43. The van der Waals surface area contributed by atoms with Gasteiger partial charge in [-0.1, -0.05) is 0 Å². The van der Waals surface area contributed by atoms with Crippen LogP contribution in [0.4, 0.5) is 0 Å². The minimum Gasteiger partial charge on any atom is -0.481 e. The molecule has 0 amide bonds. The Morgan fingerprint density at radius 1 is 1.45 bits per heavy atom. The molecule has 1 aliphatic rings. The zero-order valence-electron chi connectivity index (χ0n) is 5.71. The molecule has 4 N–H and O–H groups in total. The third-order valence-corrected chi connectivity index (χ3v) is 1.50. The van der Waals surface area contributed by atoms with Crippen molar-refractivity contribution in [1.29, 1.82) is 0 Å². The van der Waals surface area contributed by atoms with Gasteiger partial charge in [0.2, 0.25) is 0 Å². The lowest BCUT2D eigenvalue weighted by molar-refractivity contribution is -0.117. The minimum absolute atomic E-state index is 0.448. The predicted molar refractivity (Wildman–Crippen MR) is 34.7 cm³/mol.